The van der Waals surface area contributed by atoms with Crippen LogP contribution in [-0.2, 0) is 0 Å². The number of aromatic nitrogens is 4. The van der Waals surface area contributed by atoms with Gasteiger partial charge in [0.1, 0.15) is 12.1 Å². The Labute approximate surface area is 133 Å². The van der Waals surface area contributed by atoms with Gasteiger partial charge >= 0.3 is 0 Å². The lowest BCUT2D eigenvalue weighted by Crippen LogP contribution is -2.12. The average Bonchev–Trinajstić information content (AvgIpc) is 3.11. The molecule has 3 rings (SSSR count). The van der Waals surface area contributed by atoms with Gasteiger partial charge in [-0.15, -0.1) is 0 Å². The minimum absolute atomic E-state index is 0.230. The summed E-state index contributed by atoms with van der Waals surface area (Å²) in [4.78, 5) is 24.5. The van der Waals surface area contributed by atoms with Gasteiger partial charge in [0.05, 0.1) is 24.7 Å². The van der Waals surface area contributed by atoms with Crippen molar-refractivity contribution in [3.8, 4) is 11.7 Å². The second kappa shape index (κ2) is 6.69. The number of benzene rings is 1. The van der Waals surface area contributed by atoms with Crippen LogP contribution in [-0.4, -0.2) is 32.0 Å². The predicted molar refractivity (Wildman–Crippen MR) is 84.7 cm³/mol. The molecule has 3 aromatic rings. The maximum atomic E-state index is 12.2. The molecular formula is C16H15N5O2. The van der Waals surface area contributed by atoms with Crippen molar-refractivity contribution in [1.29, 1.82) is 0 Å². The first kappa shape index (κ1) is 14.7. The van der Waals surface area contributed by atoms with E-state index in [1.807, 2.05) is 6.92 Å². The van der Waals surface area contributed by atoms with Crippen LogP contribution in [0.1, 0.15) is 17.3 Å². The van der Waals surface area contributed by atoms with E-state index in [2.05, 4.69) is 20.3 Å². The van der Waals surface area contributed by atoms with E-state index in [0.717, 1.165) is 5.75 Å². The number of hydrogen-bond acceptors (Lipinski definition) is 5. The summed E-state index contributed by atoms with van der Waals surface area (Å²) in [5, 5.41) is 2.75. The van der Waals surface area contributed by atoms with Crippen LogP contribution < -0.4 is 10.1 Å². The molecule has 2 aromatic heterocycles. The molecule has 1 amide bonds. The van der Waals surface area contributed by atoms with E-state index < -0.39 is 0 Å². The molecule has 0 spiro atoms. The number of anilines is 1. The largest absolute Gasteiger partial charge is 0.494 e. The van der Waals surface area contributed by atoms with Crippen molar-refractivity contribution < 1.29 is 9.53 Å². The van der Waals surface area contributed by atoms with Crippen LogP contribution in [0.25, 0.3) is 5.95 Å². The second-order valence-electron chi connectivity index (χ2n) is 4.65. The molecule has 0 radical (unpaired) electrons. The molecule has 0 aliphatic heterocycles. The van der Waals surface area contributed by atoms with E-state index in [0.29, 0.717) is 23.8 Å². The molecule has 23 heavy (non-hydrogen) atoms. The smallest absolute Gasteiger partial charge is 0.255 e. The Bertz CT molecular complexity index is 767. The van der Waals surface area contributed by atoms with Gasteiger partial charge in [0.2, 0.25) is 5.95 Å². The Balaban J connectivity index is 1.67. The Hall–Kier alpha value is -3.22. The molecule has 7 nitrogen and oxygen atoms in total. The van der Waals surface area contributed by atoms with Crippen molar-refractivity contribution >= 4 is 11.6 Å². The van der Waals surface area contributed by atoms with Crippen molar-refractivity contribution in [2.75, 3.05) is 11.9 Å². The Kier molecular flexibility index (Phi) is 4.28. The van der Waals surface area contributed by atoms with Crippen LogP contribution >= 0.6 is 0 Å². The molecule has 1 N–H and O–H groups in total. The molecule has 0 saturated heterocycles. The molecule has 0 bridgehead atoms. The SMILES string of the molecule is CCOc1ccc(C(=O)Nc2cnc(-n3ccnc3)nc2)cc1. The van der Waals surface area contributed by atoms with E-state index in [9.17, 15) is 4.79 Å². The third-order valence-electron chi connectivity index (χ3n) is 3.06. The zero-order valence-corrected chi connectivity index (χ0v) is 12.5. The zero-order valence-electron chi connectivity index (χ0n) is 12.5. The summed E-state index contributed by atoms with van der Waals surface area (Å²) in [6.45, 7) is 2.50. The van der Waals surface area contributed by atoms with Crippen molar-refractivity contribution in [1.82, 2.24) is 19.5 Å². The summed E-state index contributed by atoms with van der Waals surface area (Å²) in [7, 11) is 0. The first-order valence-corrected chi connectivity index (χ1v) is 7.11. The third-order valence-corrected chi connectivity index (χ3v) is 3.06. The van der Waals surface area contributed by atoms with Gasteiger partial charge in [-0.05, 0) is 31.2 Å². The summed E-state index contributed by atoms with van der Waals surface area (Å²) < 4.78 is 7.03. The Morgan fingerprint density at radius 1 is 1.22 bits per heavy atom. The Morgan fingerprint density at radius 3 is 2.57 bits per heavy atom. The molecular weight excluding hydrogens is 294 g/mol. The van der Waals surface area contributed by atoms with Gasteiger partial charge in [0.25, 0.3) is 5.91 Å². The van der Waals surface area contributed by atoms with E-state index in [-0.39, 0.29) is 5.91 Å². The molecule has 0 aliphatic carbocycles. The molecule has 7 heteroatoms. The fourth-order valence-corrected chi connectivity index (χ4v) is 1.97. The monoisotopic (exact) mass is 309 g/mol. The number of hydrogen-bond donors (Lipinski definition) is 1. The van der Waals surface area contributed by atoms with E-state index >= 15 is 0 Å². The predicted octanol–water partition coefficient (Wildman–Crippen LogP) is 2.31. The summed E-state index contributed by atoms with van der Waals surface area (Å²) in [5.74, 6) is 0.991. The fraction of sp³-hybridized carbons (Fsp3) is 0.125. The highest BCUT2D eigenvalue weighted by Gasteiger charge is 2.07. The molecule has 0 aliphatic rings. The Morgan fingerprint density at radius 2 is 1.96 bits per heavy atom. The molecule has 0 saturated carbocycles. The number of nitrogens with zero attached hydrogens (tertiary/aromatic N) is 4. The number of imidazole rings is 1. The highest BCUT2D eigenvalue weighted by Crippen LogP contribution is 2.14. The summed E-state index contributed by atoms with van der Waals surface area (Å²) in [5.41, 5.74) is 1.06. The lowest BCUT2D eigenvalue weighted by molar-refractivity contribution is 0.102. The number of carbonyl (C=O) groups excluding carboxylic acids is 1. The maximum absolute atomic E-state index is 12.2. The zero-order chi connectivity index (χ0) is 16.1. The first-order chi connectivity index (χ1) is 11.3. The quantitative estimate of drug-likeness (QED) is 0.782. The van der Waals surface area contributed by atoms with Gasteiger partial charge in [-0.1, -0.05) is 0 Å². The number of carbonyl (C=O) groups is 1. The number of rotatable bonds is 5. The van der Waals surface area contributed by atoms with Gasteiger partial charge in [-0.25, -0.2) is 15.0 Å². The maximum Gasteiger partial charge on any atom is 0.255 e. The molecule has 116 valence electrons. The van der Waals surface area contributed by atoms with Gasteiger partial charge in [-0.2, -0.15) is 0 Å². The van der Waals surface area contributed by atoms with E-state index in [1.54, 1.807) is 59.9 Å². The average molecular weight is 309 g/mol. The fourth-order valence-electron chi connectivity index (χ4n) is 1.97. The van der Waals surface area contributed by atoms with Crippen LogP contribution in [0.5, 0.6) is 5.75 Å². The van der Waals surface area contributed by atoms with E-state index in [4.69, 9.17) is 4.74 Å². The highest BCUT2D eigenvalue weighted by molar-refractivity contribution is 6.04. The molecule has 1 aromatic carbocycles. The molecule has 0 fully saturated rings. The standard InChI is InChI=1S/C16H15N5O2/c1-2-23-14-5-3-12(4-6-14)15(22)20-13-9-18-16(19-10-13)21-8-7-17-11-21/h3-11H,2H2,1H3,(H,20,22). The summed E-state index contributed by atoms with van der Waals surface area (Å²) >= 11 is 0. The topological polar surface area (TPSA) is 81.9 Å². The number of nitrogens with one attached hydrogen (secondary N) is 1. The lowest BCUT2D eigenvalue weighted by Gasteiger charge is -2.07. The number of ether oxygens (including phenoxy) is 1. The van der Waals surface area contributed by atoms with Crippen LogP contribution in [0.15, 0.2) is 55.4 Å². The van der Waals surface area contributed by atoms with Crippen molar-refractivity contribution in [3.05, 3.63) is 60.9 Å². The number of amides is 1. The first-order valence-electron chi connectivity index (χ1n) is 7.11. The van der Waals surface area contributed by atoms with Gasteiger partial charge in [-0.3, -0.25) is 9.36 Å². The van der Waals surface area contributed by atoms with Gasteiger partial charge < -0.3 is 10.1 Å². The van der Waals surface area contributed by atoms with Crippen molar-refractivity contribution in [2.45, 2.75) is 6.92 Å². The minimum Gasteiger partial charge on any atom is -0.494 e. The van der Waals surface area contributed by atoms with Crippen LogP contribution in [0.2, 0.25) is 0 Å². The van der Waals surface area contributed by atoms with Gasteiger partial charge in [0.15, 0.2) is 0 Å². The lowest BCUT2D eigenvalue weighted by atomic mass is 10.2. The van der Waals surface area contributed by atoms with Crippen LogP contribution in [0.4, 0.5) is 5.69 Å². The third kappa shape index (κ3) is 3.52. The van der Waals surface area contributed by atoms with Gasteiger partial charge in [0, 0.05) is 18.0 Å². The highest BCUT2D eigenvalue weighted by atomic mass is 16.5. The normalized spacial score (nSPS) is 10.3. The van der Waals surface area contributed by atoms with E-state index in [1.165, 1.54) is 0 Å². The second-order valence-corrected chi connectivity index (χ2v) is 4.65. The van der Waals surface area contributed by atoms with Crippen molar-refractivity contribution in [3.63, 3.8) is 0 Å². The van der Waals surface area contributed by atoms with Crippen LogP contribution in [0, 0.1) is 0 Å². The summed E-state index contributed by atoms with van der Waals surface area (Å²) in [6.07, 6.45) is 8.09. The molecule has 0 unspecified atom stereocenters. The van der Waals surface area contributed by atoms with Crippen molar-refractivity contribution in [2.24, 2.45) is 0 Å². The molecule has 2 heterocycles. The summed E-state index contributed by atoms with van der Waals surface area (Å²) in [6, 6.07) is 6.94. The minimum atomic E-state index is -0.230. The van der Waals surface area contributed by atoms with Crippen LogP contribution in [0.3, 0.4) is 0 Å². The molecule has 0 atom stereocenters.